The lowest BCUT2D eigenvalue weighted by Crippen LogP contribution is -1.94. The first-order chi connectivity index (χ1) is 7.56. The molecule has 1 aromatic carbocycles. The molecule has 0 spiro atoms. The number of aromatic hydroxyl groups is 1. The lowest BCUT2D eigenvalue weighted by atomic mass is 10.1. The van der Waals surface area contributed by atoms with Gasteiger partial charge in [0, 0.05) is 11.6 Å². The van der Waals surface area contributed by atoms with E-state index in [4.69, 9.17) is 9.84 Å². The summed E-state index contributed by atoms with van der Waals surface area (Å²) >= 11 is 0. The molecule has 1 rings (SSSR count). The second-order valence-electron chi connectivity index (χ2n) is 3.25. The van der Waals surface area contributed by atoms with E-state index >= 15 is 0 Å². The first-order valence-corrected chi connectivity index (χ1v) is 4.92. The normalized spacial score (nSPS) is 11.2. The number of phenolic OH excluding ortho intramolecular Hbond substituents is 1. The molecule has 2 N–H and O–H groups in total. The number of allylic oxidation sites excluding steroid dienone is 1. The van der Waals surface area contributed by atoms with Gasteiger partial charge in [-0.1, -0.05) is 12.1 Å². The van der Waals surface area contributed by atoms with Crippen LogP contribution in [0.4, 0.5) is 0 Å². The van der Waals surface area contributed by atoms with Crippen LogP contribution in [-0.4, -0.2) is 22.8 Å². The molecule has 0 amide bonds. The highest BCUT2D eigenvalue weighted by Crippen LogP contribution is 2.33. The summed E-state index contributed by atoms with van der Waals surface area (Å²) in [7, 11) is 0. The molecule has 0 aliphatic carbocycles. The highest BCUT2D eigenvalue weighted by molar-refractivity contribution is 5.90. The predicted molar refractivity (Wildman–Crippen MR) is 60.6 cm³/mol. The van der Waals surface area contributed by atoms with Crippen molar-refractivity contribution in [1.29, 1.82) is 0 Å². The number of benzene rings is 1. The minimum atomic E-state index is -1.04. The summed E-state index contributed by atoms with van der Waals surface area (Å²) in [5.41, 5.74) is 0.944. The van der Waals surface area contributed by atoms with Gasteiger partial charge < -0.3 is 14.9 Å². The SMILES string of the molecule is CCOc1cccc(/C(C)=C/C(=O)O)c1O. The number of carbonyl (C=O) groups is 1. The van der Waals surface area contributed by atoms with Gasteiger partial charge in [0.2, 0.25) is 0 Å². The molecule has 4 nitrogen and oxygen atoms in total. The van der Waals surface area contributed by atoms with Gasteiger partial charge in [0.1, 0.15) is 0 Å². The zero-order chi connectivity index (χ0) is 12.1. The van der Waals surface area contributed by atoms with Crippen LogP contribution in [-0.2, 0) is 4.79 Å². The maximum absolute atomic E-state index is 10.5. The number of rotatable bonds is 4. The number of ether oxygens (including phenoxy) is 1. The third-order valence-electron chi connectivity index (χ3n) is 2.06. The van der Waals surface area contributed by atoms with E-state index in [2.05, 4.69) is 0 Å². The van der Waals surface area contributed by atoms with Crippen molar-refractivity contribution < 1.29 is 19.7 Å². The Morgan fingerprint density at radius 2 is 2.19 bits per heavy atom. The molecule has 0 saturated heterocycles. The fourth-order valence-electron chi connectivity index (χ4n) is 1.38. The Labute approximate surface area is 93.8 Å². The van der Waals surface area contributed by atoms with Crippen molar-refractivity contribution in [3.05, 3.63) is 29.8 Å². The molecule has 1 aromatic rings. The molecule has 16 heavy (non-hydrogen) atoms. The van der Waals surface area contributed by atoms with Crippen LogP contribution in [0.3, 0.4) is 0 Å². The fraction of sp³-hybridized carbons (Fsp3) is 0.250. The van der Waals surface area contributed by atoms with Gasteiger partial charge >= 0.3 is 5.97 Å². The second-order valence-corrected chi connectivity index (χ2v) is 3.25. The summed E-state index contributed by atoms with van der Waals surface area (Å²) in [6, 6.07) is 4.99. The largest absolute Gasteiger partial charge is 0.504 e. The smallest absolute Gasteiger partial charge is 0.328 e. The number of carboxylic acids is 1. The third-order valence-corrected chi connectivity index (χ3v) is 2.06. The highest BCUT2D eigenvalue weighted by Gasteiger charge is 2.09. The Morgan fingerprint density at radius 1 is 1.50 bits per heavy atom. The molecular formula is C12H14O4. The first-order valence-electron chi connectivity index (χ1n) is 4.92. The van der Waals surface area contributed by atoms with Crippen LogP contribution < -0.4 is 4.74 Å². The van der Waals surface area contributed by atoms with E-state index in [1.165, 1.54) is 0 Å². The van der Waals surface area contributed by atoms with Gasteiger partial charge in [-0.3, -0.25) is 0 Å². The van der Waals surface area contributed by atoms with Crippen LogP contribution >= 0.6 is 0 Å². The van der Waals surface area contributed by atoms with E-state index in [0.29, 0.717) is 23.5 Å². The zero-order valence-electron chi connectivity index (χ0n) is 9.23. The van der Waals surface area contributed by atoms with Crippen molar-refractivity contribution in [2.24, 2.45) is 0 Å². The summed E-state index contributed by atoms with van der Waals surface area (Å²) in [5.74, 6) is -0.712. The molecule has 0 fully saturated rings. The molecule has 0 unspecified atom stereocenters. The van der Waals surface area contributed by atoms with Crippen LogP contribution in [0.2, 0.25) is 0 Å². The van der Waals surface area contributed by atoms with E-state index in [1.807, 2.05) is 6.92 Å². The van der Waals surface area contributed by atoms with Crippen molar-refractivity contribution in [3.8, 4) is 11.5 Å². The monoisotopic (exact) mass is 222 g/mol. The second kappa shape index (κ2) is 5.21. The summed E-state index contributed by atoms with van der Waals surface area (Å²) in [5, 5.41) is 18.5. The quantitative estimate of drug-likeness (QED) is 0.767. The van der Waals surface area contributed by atoms with Crippen molar-refractivity contribution in [2.75, 3.05) is 6.61 Å². The molecule has 0 bridgehead atoms. The van der Waals surface area contributed by atoms with Gasteiger partial charge in [0.25, 0.3) is 0 Å². The Kier molecular flexibility index (Phi) is 3.94. The molecule has 0 heterocycles. The molecule has 0 atom stereocenters. The molecule has 0 aromatic heterocycles. The standard InChI is InChI=1S/C12H14O4/c1-3-16-10-6-4-5-9(12(10)15)8(2)7-11(13)14/h4-7,15H,3H2,1-2H3,(H,13,14)/b8-7+. The van der Waals surface area contributed by atoms with E-state index in [0.717, 1.165) is 6.08 Å². The van der Waals surface area contributed by atoms with Crippen LogP contribution in [0.15, 0.2) is 24.3 Å². The van der Waals surface area contributed by atoms with Gasteiger partial charge in [-0.25, -0.2) is 4.79 Å². The van der Waals surface area contributed by atoms with Gasteiger partial charge in [-0.05, 0) is 25.5 Å². The number of hydrogen-bond donors (Lipinski definition) is 2. The van der Waals surface area contributed by atoms with E-state index < -0.39 is 5.97 Å². The van der Waals surface area contributed by atoms with Gasteiger partial charge in [-0.15, -0.1) is 0 Å². The maximum atomic E-state index is 10.5. The van der Waals surface area contributed by atoms with E-state index in [9.17, 15) is 9.90 Å². The molecule has 86 valence electrons. The third kappa shape index (κ3) is 2.76. The average Bonchev–Trinajstić information content (AvgIpc) is 2.20. The molecule has 4 heteroatoms. The maximum Gasteiger partial charge on any atom is 0.328 e. The summed E-state index contributed by atoms with van der Waals surface area (Å²) in [4.78, 5) is 10.5. The zero-order valence-corrected chi connectivity index (χ0v) is 9.23. The minimum Gasteiger partial charge on any atom is -0.504 e. The molecule has 0 aliphatic heterocycles. The molecule has 0 radical (unpaired) electrons. The Morgan fingerprint density at radius 3 is 2.75 bits per heavy atom. The summed E-state index contributed by atoms with van der Waals surface area (Å²) < 4.78 is 5.21. The van der Waals surface area contributed by atoms with Gasteiger partial charge in [-0.2, -0.15) is 0 Å². The number of phenols is 1. The van der Waals surface area contributed by atoms with E-state index in [-0.39, 0.29) is 5.75 Å². The van der Waals surface area contributed by atoms with Crippen molar-refractivity contribution in [1.82, 2.24) is 0 Å². The van der Waals surface area contributed by atoms with Crippen LogP contribution in [0, 0.1) is 0 Å². The molecule has 0 aliphatic rings. The average molecular weight is 222 g/mol. The summed E-state index contributed by atoms with van der Waals surface area (Å²) in [6.45, 7) is 3.88. The number of carboxylic acid groups (broad SMARTS) is 1. The molecular weight excluding hydrogens is 208 g/mol. The first kappa shape index (κ1) is 12.1. The highest BCUT2D eigenvalue weighted by atomic mass is 16.5. The van der Waals surface area contributed by atoms with Crippen molar-refractivity contribution in [3.63, 3.8) is 0 Å². The van der Waals surface area contributed by atoms with E-state index in [1.54, 1.807) is 25.1 Å². The van der Waals surface area contributed by atoms with Crippen LogP contribution in [0.1, 0.15) is 19.4 Å². The lowest BCUT2D eigenvalue weighted by molar-refractivity contribution is -0.131. The van der Waals surface area contributed by atoms with Gasteiger partial charge in [0.05, 0.1) is 6.61 Å². The van der Waals surface area contributed by atoms with Crippen molar-refractivity contribution in [2.45, 2.75) is 13.8 Å². The Bertz CT molecular complexity index is 421. The number of para-hydroxylation sites is 1. The van der Waals surface area contributed by atoms with Crippen LogP contribution in [0.25, 0.3) is 5.57 Å². The number of hydrogen-bond acceptors (Lipinski definition) is 3. The number of aliphatic carboxylic acids is 1. The minimum absolute atomic E-state index is 0.0284. The van der Waals surface area contributed by atoms with Crippen LogP contribution in [0.5, 0.6) is 11.5 Å². The Balaban J connectivity index is 3.15. The fourth-order valence-corrected chi connectivity index (χ4v) is 1.38. The topological polar surface area (TPSA) is 66.8 Å². The lowest BCUT2D eigenvalue weighted by Gasteiger charge is -2.09. The molecule has 0 saturated carbocycles. The Hall–Kier alpha value is -1.97. The van der Waals surface area contributed by atoms with Gasteiger partial charge in [0.15, 0.2) is 11.5 Å². The summed E-state index contributed by atoms with van der Waals surface area (Å²) in [6.07, 6.45) is 1.05. The predicted octanol–water partition coefficient (Wildman–Crippen LogP) is 2.28. The van der Waals surface area contributed by atoms with Crippen molar-refractivity contribution >= 4 is 11.5 Å².